The number of amides is 1. The quantitative estimate of drug-likeness (QED) is 0.387. The summed E-state index contributed by atoms with van der Waals surface area (Å²) in [5, 5.41) is 12.2. The van der Waals surface area contributed by atoms with E-state index in [0.717, 1.165) is 29.3 Å². The lowest BCUT2D eigenvalue weighted by Gasteiger charge is -2.25. The lowest BCUT2D eigenvalue weighted by atomic mass is 9.93. The summed E-state index contributed by atoms with van der Waals surface area (Å²) in [6.45, 7) is 4.02. The number of aryl methyl sites for hydroxylation is 1. The van der Waals surface area contributed by atoms with Gasteiger partial charge in [0, 0.05) is 23.0 Å². The van der Waals surface area contributed by atoms with Crippen LogP contribution < -0.4 is 5.48 Å². The Morgan fingerprint density at radius 2 is 2.14 bits per heavy atom. The van der Waals surface area contributed by atoms with E-state index in [4.69, 9.17) is 9.57 Å². The predicted molar refractivity (Wildman–Crippen MR) is 104 cm³/mol. The Morgan fingerprint density at radius 1 is 1.36 bits per heavy atom. The Bertz CT molecular complexity index is 984. The molecule has 1 amide bonds. The molecule has 0 aliphatic carbocycles. The van der Waals surface area contributed by atoms with Gasteiger partial charge in [-0.15, -0.1) is 0 Å². The van der Waals surface area contributed by atoms with Gasteiger partial charge in [0.05, 0.1) is 12.7 Å². The van der Waals surface area contributed by atoms with E-state index in [0.29, 0.717) is 12.1 Å². The highest BCUT2D eigenvalue weighted by molar-refractivity contribution is 6.09. The van der Waals surface area contributed by atoms with Crippen LogP contribution in [0.25, 0.3) is 16.5 Å². The van der Waals surface area contributed by atoms with Crippen LogP contribution in [0.15, 0.2) is 35.6 Å². The van der Waals surface area contributed by atoms with Crippen LogP contribution in [0, 0.1) is 6.92 Å². The summed E-state index contributed by atoms with van der Waals surface area (Å²) in [5.41, 5.74) is 4.76. The number of ether oxygens (including phenoxy) is 1. The number of carbonyl (C=O) groups excluding carboxylic acids is 2. The molecule has 1 unspecified atom stereocenters. The molecule has 0 spiro atoms. The third-order valence-corrected chi connectivity index (χ3v) is 4.82. The summed E-state index contributed by atoms with van der Waals surface area (Å²) >= 11 is 0. The van der Waals surface area contributed by atoms with E-state index in [9.17, 15) is 14.7 Å². The number of benzene rings is 1. The number of aromatic nitrogens is 1. The maximum Gasteiger partial charge on any atom is 0.280 e. The first-order valence-electron chi connectivity index (χ1n) is 9.28. The highest BCUT2D eigenvalue weighted by Crippen LogP contribution is 2.45. The van der Waals surface area contributed by atoms with Crippen LogP contribution >= 0.6 is 0 Å². The van der Waals surface area contributed by atoms with E-state index in [2.05, 4.69) is 10.5 Å². The molecule has 0 saturated heterocycles. The van der Waals surface area contributed by atoms with Crippen molar-refractivity contribution in [2.45, 2.75) is 45.3 Å². The smallest absolute Gasteiger partial charge is 0.280 e. The number of hydrogen-bond acceptors (Lipinski definition) is 5. The van der Waals surface area contributed by atoms with Crippen molar-refractivity contribution < 1.29 is 24.3 Å². The molecule has 3 N–H and O–H groups in total. The number of hydroxylamine groups is 1. The van der Waals surface area contributed by atoms with Crippen molar-refractivity contribution in [2.24, 2.45) is 0 Å². The van der Waals surface area contributed by atoms with Crippen LogP contribution in [0.4, 0.5) is 0 Å². The molecule has 0 radical (unpaired) electrons. The topological polar surface area (TPSA) is 101 Å². The fourth-order valence-corrected chi connectivity index (χ4v) is 3.52. The number of hydrogen-bond donors (Lipinski definition) is 3. The zero-order valence-corrected chi connectivity index (χ0v) is 16.2. The number of rotatable bonds is 7. The zero-order chi connectivity index (χ0) is 20.3. The lowest BCUT2D eigenvalue weighted by molar-refractivity contribution is -0.128. The van der Waals surface area contributed by atoms with Crippen LogP contribution in [-0.2, 0) is 19.2 Å². The van der Waals surface area contributed by atoms with Crippen LogP contribution in [0.1, 0.15) is 43.9 Å². The highest BCUT2D eigenvalue weighted by Gasteiger charge is 2.48. The van der Waals surface area contributed by atoms with Crippen molar-refractivity contribution in [3.05, 3.63) is 46.9 Å². The summed E-state index contributed by atoms with van der Waals surface area (Å²) in [7, 11) is 1.29. The molecule has 0 saturated carbocycles. The Labute approximate surface area is 163 Å². The number of aliphatic hydroxyl groups is 1. The standard InChI is InChI=1S/C21H24N2O5/c1-4-5-6-9-21(26)19(18(17(12-24)28-21)20(25)23-27-3)16-11-14-8-7-13(2)10-15(14)22-16/h7-8,10-11,22,26H,4-6,9H2,1-3H3,(H,23,25). The molecule has 1 aromatic heterocycles. The Kier molecular flexibility index (Phi) is 5.70. The first kappa shape index (κ1) is 19.9. The van der Waals surface area contributed by atoms with Crippen molar-refractivity contribution in [1.29, 1.82) is 0 Å². The van der Waals surface area contributed by atoms with Gasteiger partial charge < -0.3 is 14.8 Å². The van der Waals surface area contributed by atoms with Gasteiger partial charge in [0.25, 0.3) is 5.91 Å². The minimum atomic E-state index is -1.81. The Morgan fingerprint density at radius 3 is 2.82 bits per heavy atom. The largest absolute Gasteiger partial charge is 0.446 e. The maximum absolute atomic E-state index is 12.6. The van der Waals surface area contributed by atoms with Crippen LogP contribution in [0.3, 0.4) is 0 Å². The van der Waals surface area contributed by atoms with E-state index >= 15 is 0 Å². The first-order chi connectivity index (χ1) is 13.4. The minimum Gasteiger partial charge on any atom is -0.446 e. The molecule has 1 aliphatic heterocycles. The van der Waals surface area contributed by atoms with Gasteiger partial charge in [0.1, 0.15) is 5.57 Å². The van der Waals surface area contributed by atoms with Crippen molar-refractivity contribution >= 4 is 28.3 Å². The predicted octanol–water partition coefficient (Wildman–Crippen LogP) is 2.92. The number of aromatic amines is 1. The molecule has 1 aliphatic rings. The molecule has 1 aromatic carbocycles. The van der Waals surface area contributed by atoms with Gasteiger partial charge >= 0.3 is 0 Å². The molecule has 28 heavy (non-hydrogen) atoms. The molecule has 7 heteroatoms. The van der Waals surface area contributed by atoms with Gasteiger partial charge in [-0.2, -0.15) is 0 Å². The van der Waals surface area contributed by atoms with E-state index in [-0.39, 0.29) is 23.3 Å². The number of fused-ring (bicyclic) bond motifs is 1. The molecule has 0 fully saturated rings. The number of unbranched alkanes of at least 4 members (excludes halogenated alkanes) is 2. The molecule has 2 aromatic rings. The summed E-state index contributed by atoms with van der Waals surface area (Å²) in [5.74, 6) is -1.19. The van der Waals surface area contributed by atoms with Gasteiger partial charge in [-0.25, -0.2) is 10.3 Å². The Hall–Kier alpha value is -2.86. The summed E-state index contributed by atoms with van der Waals surface area (Å²) in [6.07, 6.45) is 2.74. The van der Waals surface area contributed by atoms with Crippen LogP contribution in [0.5, 0.6) is 0 Å². The zero-order valence-electron chi connectivity index (χ0n) is 16.2. The molecule has 7 nitrogen and oxygen atoms in total. The van der Waals surface area contributed by atoms with Crippen LogP contribution in [0.2, 0.25) is 0 Å². The average Bonchev–Trinajstić information content (AvgIpc) is 3.19. The normalized spacial score (nSPS) is 19.1. The van der Waals surface area contributed by atoms with Gasteiger partial charge in [-0.1, -0.05) is 31.9 Å². The van der Waals surface area contributed by atoms with Crippen molar-refractivity contribution in [1.82, 2.24) is 10.5 Å². The van der Waals surface area contributed by atoms with Crippen LogP contribution in [-0.4, -0.2) is 34.8 Å². The second-order valence-corrected chi connectivity index (χ2v) is 6.93. The minimum absolute atomic E-state index is 0.0841. The molecule has 0 bridgehead atoms. The molecule has 1 atom stereocenters. The summed E-state index contributed by atoms with van der Waals surface area (Å²) in [6, 6.07) is 7.72. The first-order valence-corrected chi connectivity index (χ1v) is 9.28. The fourth-order valence-electron chi connectivity index (χ4n) is 3.52. The number of H-pyrrole nitrogens is 1. The molecule has 3 rings (SSSR count). The monoisotopic (exact) mass is 384 g/mol. The SMILES string of the molecule is CCCCCC1(O)OC(=C=O)C(C(=O)NOC)=C1c1cc2ccc(C)cc2[nH]1. The summed E-state index contributed by atoms with van der Waals surface area (Å²) in [4.78, 5) is 32.0. The highest BCUT2D eigenvalue weighted by atomic mass is 16.6. The van der Waals surface area contributed by atoms with E-state index in [1.165, 1.54) is 7.11 Å². The second kappa shape index (κ2) is 8.02. The number of nitrogens with one attached hydrogen (secondary N) is 2. The lowest BCUT2D eigenvalue weighted by Crippen LogP contribution is -2.30. The van der Waals surface area contributed by atoms with E-state index < -0.39 is 11.7 Å². The van der Waals surface area contributed by atoms with Crippen molar-refractivity contribution in [3.8, 4) is 0 Å². The average molecular weight is 384 g/mol. The molecule has 2 heterocycles. The van der Waals surface area contributed by atoms with Gasteiger partial charge in [0.15, 0.2) is 5.94 Å². The van der Waals surface area contributed by atoms with Gasteiger partial charge in [-0.3, -0.25) is 9.63 Å². The Balaban J connectivity index is 2.19. The molecular weight excluding hydrogens is 360 g/mol. The third-order valence-electron chi connectivity index (χ3n) is 4.82. The van der Waals surface area contributed by atoms with Gasteiger partial charge in [0.2, 0.25) is 11.5 Å². The van der Waals surface area contributed by atoms with E-state index in [1.807, 2.05) is 38.1 Å². The maximum atomic E-state index is 12.6. The van der Waals surface area contributed by atoms with Crippen molar-refractivity contribution in [2.75, 3.05) is 7.11 Å². The fraction of sp³-hybridized carbons (Fsp3) is 0.381. The molecule has 148 valence electrons. The third kappa shape index (κ3) is 3.60. The van der Waals surface area contributed by atoms with E-state index in [1.54, 1.807) is 5.94 Å². The molecular formula is C21H24N2O5. The van der Waals surface area contributed by atoms with Gasteiger partial charge in [-0.05, 0) is 31.0 Å². The summed E-state index contributed by atoms with van der Waals surface area (Å²) < 4.78 is 5.55. The number of carbonyl (C=O) groups is 1. The van der Waals surface area contributed by atoms with Crippen molar-refractivity contribution in [3.63, 3.8) is 0 Å². The second-order valence-electron chi connectivity index (χ2n) is 6.93.